The van der Waals surface area contributed by atoms with Crippen molar-refractivity contribution in [1.29, 1.82) is 0 Å². The zero-order valence-electron chi connectivity index (χ0n) is 9.88. The van der Waals surface area contributed by atoms with Crippen LogP contribution in [0.5, 0.6) is 0 Å². The SMILES string of the molecule is O=S(=O)(O)CCCN1CCCC2CC=CC=C21. The minimum atomic E-state index is -3.81. The van der Waals surface area contributed by atoms with Crippen LogP contribution in [0.4, 0.5) is 0 Å². The molecule has 0 spiro atoms. The number of rotatable bonds is 4. The van der Waals surface area contributed by atoms with Crippen molar-refractivity contribution >= 4 is 10.1 Å². The zero-order chi connectivity index (χ0) is 12.3. The van der Waals surface area contributed by atoms with Crippen LogP contribution in [0, 0.1) is 5.92 Å². The molecule has 2 rings (SSSR count). The van der Waals surface area contributed by atoms with Crippen molar-refractivity contribution in [1.82, 2.24) is 4.90 Å². The van der Waals surface area contributed by atoms with Gasteiger partial charge in [0.15, 0.2) is 0 Å². The summed E-state index contributed by atoms with van der Waals surface area (Å²) in [5.41, 5.74) is 1.34. The lowest BCUT2D eigenvalue weighted by molar-refractivity contribution is 0.240. The van der Waals surface area contributed by atoms with Crippen LogP contribution < -0.4 is 0 Å². The molecular formula is C12H19NO3S. The second-order valence-corrected chi connectivity index (χ2v) is 6.29. The summed E-state index contributed by atoms with van der Waals surface area (Å²) >= 11 is 0. The van der Waals surface area contributed by atoms with E-state index in [2.05, 4.69) is 23.1 Å². The Kier molecular flexibility index (Phi) is 3.89. The van der Waals surface area contributed by atoms with Crippen molar-refractivity contribution in [3.05, 3.63) is 23.9 Å². The number of hydrogen-bond acceptors (Lipinski definition) is 3. The van der Waals surface area contributed by atoms with Crippen molar-refractivity contribution in [3.63, 3.8) is 0 Å². The van der Waals surface area contributed by atoms with Crippen LogP contribution in [0.3, 0.4) is 0 Å². The number of nitrogens with zero attached hydrogens (tertiary/aromatic N) is 1. The van der Waals surface area contributed by atoms with Gasteiger partial charge in [-0.05, 0) is 31.8 Å². The molecule has 1 saturated heterocycles. The first-order valence-corrected chi connectivity index (χ1v) is 7.74. The first-order chi connectivity index (χ1) is 8.06. The summed E-state index contributed by atoms with van der Waals surface area (Å²) in [6, 6.07) is 0. The molecule has 4 nitrogen and oxygen atoms in total. The van der Waals surface area contributed by atoms with Crippen LogP contribution in [-0.4, -0.2) is 36.7 Å². The molecule has 1 unspecified atom stereocenters. The Balaban J connectivity index is 1.91. The van der Waals surface area contributed by atoms with E-state index in [-0.39, 0.29) is 5.75 Å². The van der Waals surface area contributed by atoms with Crippen LogP contribution in [-0.2, 0) is 10.1 Å². The Hall–Kier alpha value is -0.810. The average Bonchev–Trinajstić information content (AvgIpc) is 2.28. The van der Waals surface area contributed by atoms with Crippen LogP contribution in [0.25, 0.3) is 0 Å². The van der Waals surface area contributed by atoms with E-state index in [4.69, 9.17) is 4.55 Å². The predicted octanol–water partition coefficient (Wildman–Crippen LogP) is 1.82. The van der Waals surface area contributed by atoms with Gasteiger partial charge < -0.3 is 4.90 Å². The fraction of sp³-hybridized carbons (Fsp3) is 0.667. The molecule has 1 aliphatic heterocycles. The van der Waals surface area contributed by atoms with Gasteiger partial charge in [0.25, 0.3) is 10.1 Å². The molecule has 5 heteroatoms. The first-order valence-electron chi connectivity index (χ1n) is 6.13. The summed E-state index contributed by atoms with van der Waals surface area (Å²) in [6.07, 6.45) is 10.4. The number of likely N-dealkylation sites (tertiary alicyclic amines) is 1. The number of fused-ring (bicyclic) bond motifs is 1. The zero-order valence-corrected chi connectivity index (χ0v) is 10.7. The fourth-order valence-corrected chi connectivity index (χ4v) is 3.13. The molecule has 0 aromatic carbocycles. The highest BCUT2D eigenvalue weighted by Gasteiger charge is 2.24. The van der Waals surface area contributed by atoms with Crippen molar-refractivity contribution in [3.8, 4) is 0 Å². The van der Waals surface area contributed by atoms with Gasteiger partial charge in [-0.15, -0.1) is 0 Å². The molecular weight excluding hydrogens is 238 g/mol. The van der Waals surface area contributed by atoms with Gasteiger partial charge in [0.05, 0.1) is 5.75 Å². The van der Waals surface area contributed by atoms with E-state index >= 15 is 0 Å². The summed E-state index contributed by atoms with van der Waals surface area (Å²) in [6.45, 7) is 1.72. The molecule has 1 atom stereocenters. The Labute approximate surface area is 103 Å². The third kappa shape index (κ3) is 3.57. The van der Waals surface area contributed by atoms with E-state index in [1.54, 1.807) is 0 Å². The maximum Gasteiger partial charge on any atom is 0.264 e. The molecule has 0 aromatic heterocycles. The van der Waals surface area contributed by atoms with Gasteiger partial charge in [0, 0.05) is 24.7 Å². The average molecular weight is 257 g/mol. The molecule has 96 valence electrons. The highest BCUT2D eigenvalue weighted by Crippen LogP contribution is 2.32. The highest BCUT2D eigenvalue weighted by atomic mass is 32.2. The monoisotopic (exact) mass is 257 g/mol. The Morgan fingerprint density at radius 1 is 1.47 bits per heavy atom. The minimum Gasteiger partial charge on any atom is -0.375 e. The predicted molar refractivity (Wildman–Crippen MR) is 67.2 cm³/mol. The number of piperidine rings is 1. The van der Waals surface area contributed by atoms with Gasteiger partial charge in [-0.25, -0.2) is 0 Å². The lowest BCUT2D eigenvalue weighted by Crippen LogP contribution is -2.35. The van der Waals surface area contributed by atoms with Crippen molar-refractivity contribution < 1.29 is 13.0 Å². The lowest BCUT2D eigenvalue weighted by atomic mass is 9.88. The topological polar surface area (TPSA) is 57.6 Å². The van der Waals surface area contributed by atoms with Gasteiger partial charge >= 0.3 is 0 Å². The summed E-state index contributed by atoms with van der Waals surface area (Å²) in [5.74, 6) is 0.469. The van der Waals surface area contributed by atoms with Crippen molar-refractivity contribution in [2.24, 2.45) is 5.92 Å². The maximum absolute atomic E-state index is 10.7. The largest absolute Gasteiger partial charge is 0.375 e. The highest BCUT2D eigenvalue weighted by molar-refractivity contribution is 7.85. The van der Waals surface area contributed by atoms with Gasteiger partial charge in [-0.3, -0.25) is 4.55 Å². The van der Waals surface area contributed by atoms with Gasteiger partial charge in [0.1, 0.15) is 0 Å². The molecule has 1 fully saturated rings. The summed E-state index contributed by atoms with van der Waals surface area (Å²) in [4.78, 5) is 2.27. The van der Waals surface area contributed by atoms with Gasteiger partial charge in [-0.2, -0.15) is 8.42 Å². The third-order valence-corrected chi connectivity index (χ3v) is 4.22. The normalized spacial score (nSPS) is 24.4. The summed E-state index contributed by atoms with van der Waals surface area (Å²) in [5, 5.41) is 0. The first kappa shape index (κ1) is 12.6. The molecule has 0 saturated carbocycles. The van der Waals surface area contributed by atoms with Crippen molar-refractivity contribution in [2.75, 3.05) is 18.8 Å². The van der Waals surface area contributed by atoms with Crippen LogP contribution in [0.1, 0.15) is 25.7 Å². The van der Waals surface area contributed by atoms with Gasteiger partial charge in [0.2, 0.25) is 0 Å². The van der Waals surface area contributed by atoms with Gasteiger partial charge in [-0.1, -0.05) is 12.2 Å². The Morgan fingerprint density at radius 2 is 2.29 bits per heavy atom. The van der Waals surface area contributed by atoms with Crippen molar-refractivity contribution in [2.45, 2.75) is 25.7 Å². The van der Waals surface area contributed by atoms with E-state index < -0.39 is 10.1 Å². The quantitative estimate of drug-likeness (QED) is 0.780. The van der Waals surface area contributed by atoms with Crippen LogP contribution >= 0.6 is 0 Å². The molecule has 0 amide bonds. The van der Waals surface area contributed by atoms with E-state index in [9.17, 15) is 8.42 Å². The maximum atomic E-state index is 10.7. The number of hydrogen-bond donors (Lipinski definition) is 1. The molecule has 1 N–H and O–H groups in total. The molecule has 1 heterocycles. The Bertz CT molecular complexity index is 425. The van der Waals surface area contributed by atoms with Crippen LogP contribution in [0.2, 0.25) is 0 Å². The smallest absolute Gasteiger partial charge is 0.264 e. The second-order valence-electron chi connectivity index (χ2n) is 4.72. The molecule has 2 aliphatic rings. The van der Waals surface area contributed by atoms with Crippen LogP contribution in [0.15, 0.2) is 23.9 Å². The van der Waals surface area contributed by atoms with E-state index in [0.29, 0.717) is 12.3 Å². The minimum absolute atomic E-state index is 0.142. The van der Waals surface area contributed by atoms with E-state index in [1.807, 2.05) is 0 Å². The van der Waals surface area contributed by atoms with E-state index in [0.717, 1.165) is 19.5 Å². The molecule has 0 aromatic rings. The second kappa shape index (κ2) is 5.23. The standard InChI is InChI=1S/C12H19NO3S/c14-17(15,16)10-4-9-13-8-3-6-11-5-1-2-7-12(11)13/h1-2,7,11H,3-6,8-10H2,(H,14,15,16). The molecule has 1 aliphatic carbocycles. The molecule has 0 radical (unpaired) electrons. The Morgan fingerprint density at radius 3 is 3.06 bits per heavy atom. The molecule has 0 bridgehead atoms. The number of allylic oxidation sites excluding steroid dienone is 4. The molecule has 17 heavy (non-hydrogen) atoms. The lowest BCUT2D eigenvalue weighted by Gasteiger charge is -2.38. The fourth-order valence-electron chi connectivity index (χ4n) is 2.63. The summed E-state index contributed by atoms with van der Waals surface area (Å²) in [7, 11) is -3.81. The van der Waals surface area contributed by atoms with E-state index in [1.165, 1.54) is 18.5 Å². The summed E-state index contributed by atoms with van der Waals surface area (Å²) < 4.78 is 30.0. The third-order valence-electron chi connectivity index (χ3n) is 3.42.